The van der Waals surface area contributed by atoms with Crippen molar-refractivity contribution in [1.29, 1.82) is 0 Å². The van der Waals surface area contributed by atoms with E-state index in [1.54, 1.807) is 0 Å². The molecule has 0 spiro atoms. The lowest BCUT2D eigenvalue weighted by Crippen LogP contribution is -2.30. The topological polar surface area (TPSA) is 71.2 Å². The van der Waals surface area contributed by atoms with Gasteiger partial charge in [0.1, 0.15) is 11.0 Å². The lowest BCUT2D eigenvalue weighted by atomic mass is 10.2. The predicted molar refractivity (Wildman–Crippen MR) is 78.4 cm³/mol. The van der Waals surface area contributed by atoms with Crippen LogP contribution in [0.25, 0.3) is 0 Å². The first-order valence-electron chi connectivity index (χ1n) is 6.50. The maximum Gasteiger partial charge on any atom is 0.251 e. The Morgan fingerprint density at radius 3 is 2.68 bits per heavy atom. The molecule has 0 aliphatic carbocycles. The maximum atomic E-state index is 11.9. The molecule has 0 aliphatic heterocycles. The van der Waals surface area contributed by atoms with E-state index in [0.717, 1.165) is 26.1 Å². The molecular weight excluding hydrogens is 264 g/mol. The van der Waals surface area contributed by atoms with E-state index in [0.29, 0.717) is 12.1 Å². The van der Waals surface area contributed by atoms with Gasteiger partial charge in [-0.15, -0.1) is 0 Å². The molecule has 0 bridgehead atoms. The third-order valence-electron chi connectivity index (χ3n) is 2.91. The number of anilines is 1. The number of nitrogens with zero attached hydrogens (tertiary/aromatic N) is 2. The van der Waals surface area contributed by atoms with Crippen LogP contribution in [0.4, 0.5) is 5.82 Å². The minimum atomic E-state index is -0.171. The van der Waals surface area contributed by atoms with Crippen LogP contribution in [0.3, 0.4) is 0 Å². The second kappa shape index (κ2) is 7.96. The minimum absolute atomic E-state index is 0.171. The number of nitrogens with one attached hydrogen (secondary N) is 1. The Hall–Kier alpha value is -1.33. The van der Waals surface area contributed by atoms with Gasteiger partial charge in [0.25, 0.3) is 5.91 Å². The molecule has 0 atom stereocenters. The molecule has 0 fully saturated rings. The highest BCUT2D eigenvalue weighted by Crippen LogP contribution is 2.11. The summed E-state index contributed by atoms with van der Waals surface area (Å²) in [5.74, 6) is 0.0799. The van der Waals surface area contributed by atoms with Crippen molar-refractivity contribution in [2.24, 2.45) is 0 Å². The zero-order valence-electron chi connectivity index (χ0n) is 11.4. The van der Waals surface area contributed by atoms with Gasteiger partial charge in [-0.1, -0.05) is 25.4 Å². The van der Waals surface area contributed by atoms with E-state index < -0.39 is 0 Å². The number of nitrogens with two attached hydrogens (primary N) is 1. The Balaban J connectivity index is 2.39. The van der Waals surface area contributed by atoms with Gasteiger partial charge >= 0.3 is 0 Å². The monoisotopic (exact) mass is 284 g/mol. The van der Waals surface area contributed by atoms with Crippen molar-refractivity contribution >= 4 is 23.3 Å². The van der Waals surface area contributed by atoms with Crippen LogP contribution in [0.2, 0.25) is 5.15 Å². The average Bonchev–Trinajstić information content (AvgIpc) is 2.37. The van der Waals surface area contributed by atoms with Crippen molar-refractivity contribution in [3.05, 3.63) is 22.8 Å². The predicted octanol–water partition coefficient (Wildman–Crippen LogP) is 1.78. The van der Waals surface area contributed by atoms with Crippen molar-refractivity contribution in [2.45, 2.75) is 20.3 Å². The summed E-state index contributed by atoms with van der Waals surface area (Å²) in [6.07, 6.45) is 0.918. The highest BCUT2D eigenvalue weighted by atomic mass is 35.5. The van der Waals surface area contributed by atoms with Gasteiger partial charge in [-0.3, -0.25) is 4.79 Å². The summed E-state index contributed by atoms with van der Waals surface area (Å²) in [6.45, 7) is 7.93. The molecule has 1 aromatic rings. The molecule has 6 heteroatoms. The largest absolute Gasteiger partial charge is 0.384 e. The number of carbonyl (C=O) groups is 1. The normalized spacial score (nSPS) is 10.7. The van der Waals surface area contributed by atoms with Crippen molar-refractivity contribution < 1.29 is 4.79 Å². The van der Waals surface area contributed by atoms with Gasteiger partial charge in [-0.05, 0) is 38.2 Å². The van der Waals surface area contributed by atoms with Crippen molar-refractivity contribution in [3.8, 4) is 0 Å². The first-order chi connectivity index (χ1) is 9.06. The summed E-state index contributed by atoms with van der Waals surface area (Å²) < 4.78 is 0. The van der Waals surface area contributed by atoms with Crippen molar-refractivity contribution in [2.75, 3.05) is 31.9 Å². The molecule has 0 saturated carbocycles. The molecule has 1 rings (SSSR count). The highest BCUT2D eigenvalue weighted by molar-refractivity contribution is 6.29. The molecule has 1 heterocycles. The third-order valence-corrected chi connectivity index (χ3v) is 3.10. The fourth-order valence-electron chi connectivity index (χ4n) is 1.79. The van der Waals surface area contributed by atoms with Crippen LogP contribution in [-0.2, 0) is 0 Å². The number of nitrogen functional groups attached to an aromatic ring is 1. The lowest BCUT2D eigenvalue weighted by Gasteiger charge is -2.17. The molecule has 0 aromatic carbocycles. The van der Waals surface area contributed by atoms with Crippen LogP contribution in [-0.4, -0.2) is 42.0 Å². The maximum absolute atomic E-state index is 11.9. The number of rotatable bonds is 7. The quantitative estimate of drug-likeness (QED) is 0.591. The fourth-order valence-corrected chi connectivity index (χ4v) is 2.01. The van der Waals surface area contributed by atoms with Gasteiger partial charge in [0, 0.05) is 12.1 Å². The van der Waals surface area contributed by atoms with Crippen molar-refractivity contribution in [3.63, 3.8) is 0 Å². The Kier molecular flexibility index (Phi) is 6.59. The first-order valence-corrected chi connectivity index (χ1v) is 6.88. The molecule has 0 unspecified atom stereocenters. The van der Waals surface area contributed by atoms with Gasteiger partial charge in [-0.25, -0.2) is 4.98 Å². The van der Waals surface area contributed by atoms with Crippen LogP contribution < -0.4 is 11.1 Å². The second-order valence-corrected chi connectivity index (χ2v) is 4.63. The van der Waals surface area contributed by atoms with Crippen LogP contribution in [0.1, 0.15) is 30.6 Å². The first kappa shape index (κ1) is 15.7. The van der Waals surface area contributed by atoms with E-state index in [4.69, 9.17) is 17.3 Å². The molecule has 0 aliphatic rings. The summed E-state index contributed by atoms with van der Waals surface area (Å²) in [5.41, 5.74) is 5.99. The summed E-state index contributed by atoms with van der Waals surface area (Å²) in [7, 11) is 0. The molecule has 5 nitrogen and oxygen atoms in total. The number of aromatic nitrogens is 1. The van der Waals surface area contributed by atoms with Crippen LogP contribution in [0, 0.1) is 0 Å². The van der Waals surface area contributed by atoms with E-state index in [1.807, 2.05) is 0 Å². The molecular formula is C13H21ClN4O. The zero-order valence-corrected chi connectivity index (χ0v) is 12.2. The fraction of sp³-hybridized carbons (Fsp3) is 0.538. The number of pyridine rings is 1. The minimum Gasteiger partial charge on any atom is -0.384 e. The summed E-state index contributed by atoms with van der Waals surface area (Å²) in [5, 5.41) is 3.08. The Morgan fingerprint density at radius 1 is 1.42 bits per heavy atom. The Morgan fingerprint density at radius 2 is 2.11 bits per heavy atom. The van der Waals surface area contributed by atoms with Gasteiger partial charge in [0.05, 0.1) is 0 Å². The highest BCUT2D eigenvalue weighted by Gasteiger charge is 2.08. The van der Waals surface area contributed by atoms with Crippen LogP contribution in [0.5, 0.6) is 0 Å². The molecule has 1 aromatic heterocycles. The molecule has 0 radical (unpaired) electrons. The lowest BCUT2D eigenvalue weighted by molar-refractivity contribution is 0.0952. The second-order valence-electron chi connectivity index (χ2n) is 4.24. The number of hydrogen-bond donors (Lipinski definition) is 2. The zero-order chi connectivity index (χ0) is 14.3. The Bertz CT molecular complexity index is 401. The molecule has 3 N–H and O–H groups in total. The number of carbonyl (C=O) groups excluding carboxylic acids is 1. The van der Waals surface area contributed by atoms with Crippen molar-refractivity contribution in [1.82, 2.24) is 15.2 Å². The smallest absolute Gasteiger partial charge is 0.251 e. The van der Waals surface area contributed by atoms with Gasteiger partial charge in [-0.2, -0.15) is 0 Å². The van der Waals surface area contributed by atoms with E-state index >= 15 is 0 Å². The third kappa shape index (κ3) is 5.44. The van der Waals surface area contributed by atoms with E-state index in [9.17, 15) is 4.79 Å². The van der Waals surface area contributed by atoms with Gasteiger partial charge < -0.3 is 16.0 Å². The van der Waals surface area contributed by atoms with Crippen LogP contribution in [0.15, 0.2) is 12.1 Å². The van der Waals surface area contributed by atoms with Crippen LogP contribution >= 0.6 is 11.6 Å². The standard InChI is InChI=1S/C13H21ClN4O/c1-3-18(4-2)7-5-6-16-13(19)10-8-11(14)17-12(15)9-10/h8-9H,3-7H2,1-2H3,(H2,15,17)(H,16,19). The number of hydrogen-bond acceptors (Lipinski definition) is 4. The summed E-state index contributed by atoms with van der Waals surface area (Å²) >= 11 is 5.76. The number of halogens is 1. The van der Waals surface area contributed by atoms with Gasteiger partial charge in [0.15, 0.2) is 0 Å². The molecule has 106 valence electrons. The average molecular weight is 285 g/mol. The SMILES string of the molecule is CCN(CC)CCCNC(=O)c1cc(N)nc(Cl)c1. The molecule has 0 saturated heterocycles. The van der Waals surface area contributed by atoms with E-state index in [2.05, 4.69) is 29.0 Å². The Labute approximate surface area is 119 Å². The molecule has 19 heavy (non-hydrogen) atoms. The number of amides is 1. The van der Waals surface area contributed by atoms with E-state index in [-0.39, 0.29) is 16.9 Å². The summed E-state index contributed by atoms with van der Waals surface area (Å²) in [6, 6.07) is 3.03. The van der Waals surface area contributed by atoms with E-state index in [1.165, 1.54) is 12.1 Å². The van der Waals surface area contributed by atoms with Gasteiger partial charge in [0.2, 0.25) is 0 Å². The molecule has 1 amide bonds. The summed E-state index contributed by atoms with van der Waals surface area (Å²) in [4.78, 5) is 18.0.